The molecular weight excluding hydrogens is 396 g/mol. The minimum Gasteiger partial charge on any atom is -0.450 e. The number of aromatic nitrogens is 1. The molecule has 1 amide bonds. The van der Waals surface area contributed by atoms with Crippen molar-refractivity contribution in [2.45, 2.75) is 17.0 Å². The van der Waals surface area contributed by atoms with Crippen LogP contribution < -0.4 is 10.9 Å². The van der Waals surface area contributed by atoms with Gasteiger partial charge in [0.1, 0.15) is 5.58 Å². The average Bonchev–Trinajstić information content (AvgIpc) is 3.09. The highest BCUT2D eigenvalue weighted by molar-refractivity contribution is 8.00. The number of nitrogens with one attached hydrogen (secondary N) is 1. The first kappa shape index (κ1) is 18.5. The van der Waals surface area contributed by atoms with Crippen molar-refractivity contribution in [1.82, 2.24) is 4.98 Å². The van der Waals surface area contributed by atoms with E-state index in [4.69, 9.17) is 9.15 Å². The van der Waals surface area contributed by atoms with Gasteiger partial charge in [-0.05, 0) is 36.8 Å². The summed E-state index contributed by atoms with van der Waals surface area (Å²) in [5, 5.41) is 3.43. The molecule has 4 rings (SSSR count). The second-order valence-corrected chi connectivity index (χ2v) is 8.14. The minimum absolute atomic E-state index is 0.279. The van der Waals surface area contributed by atoms with Gasteiger partial charge >= 0.3 is 11.7 Å². The van der Waals surface area contributed by atoms with Gasteiger partial charge in [0.2, 0.25) is 0 Å². The number of para-hydroxylation sites is 1. The zero-order valence-electron chi connectivity index (χ0n) is 14.9. The van der Waals surface area contributed by atoms with Crippen LogP contribution in [0.5, 0.6) is 0 Å². The van der Waals surface area contributed by atoms with Gasteiger partial charge in [-0.25, -0.2) is 14.6 Å². The molecule has 0 aliphatic heterocycles. The highest BCUT2D eigenvalue weighted by Crippen LogP contribution is 2.33. The van der Waals surface area contributed by atoms with E-state index in [-0.39, 0.29) is 6.61 Å². The summed E-state index contributed by atoms with van der Waals surface area (Å²) in [5.74, 6) is 0.590. The molecule has 4 aromatic rings. The summed E-state index contributed by atoms with van der Waals surface area (Å²) in [6, 6.07) is 14.7. The van der Waals surface area contributed by atoms with Crippen LogP contribution >= 0.6 is 23.1 Å². The van der Waals surface area contributed by atoms with E-state index in [0.29, 0.717) is 17.0 Å². The normalized spacial score (nSPS) is 11.0. The Hall–Kier alpha value is -2.84. The molecule has 0 radical (unpaired) electrons. The number of hydrogen-bond donors (Lipinski definition) is 1. The Labute approximate surface area is 168 Å². The Morgan fingerprint density at radius 3 is 2.93 bits per heavy atom. The largest absolute Gasteiger partial charge is 0.450 e. The number of fused-ring (bicyclic) bond motifs is 2. The molecule has 0 saturated heterocycles. The molecule has 0 aliphatic carbocycles. The molecule has 8 heteroatoms. The molecule has 0 fully saturated rings. The van der Waals surface area contributed by atoms with Gasteiger partial charge < -0.3 is 9.15 Å². The Bertz CT molecular complexity index is 1180. The van der Waals surface area contributed by atoms with E-state index >= 15 is 0 Å². The first-order chi connectivity index (χ1) is 13.6. The molecule has 6 nitrogen and oxygen atoms in total. The van der Waals surface area contributed by atoms with E-state index in [1.807, 2.05) is 30.3 Å². The Morgan fingerprint density at radius 2 is 2.11 bits per heavy atom. The Balaban J connectivity index is 1.59. The number of benzene rings is 2. The van der Waals surface area contributed by atoms with E-state index < -0.39 is 11.7 Å². The molecule has 1 N–H and O–H groups in total. The topological polar surface area (TPSA) is 81.4 Å². The predicted molar refractivity (Wildman–Crippen MR) is 112 cm³/mol. The van der Waals surface area contributed by atoms with Gasteiger partial charge in [-0.2, -0.15) is 0 Å². The number of thiazole rings is 1. The van der Waals surface area contributed by atoms with Gasteiger partial charge in [0.15, 0.2) is 4.34 Å². The van der Waals surface area contributed by atoms with Crippen molar-refractivity contribution < 1.29 is 13.9 Å². The van der Waals surface area contributed by atoms with Gasteiger partial charge in [0.25, 0.3) is 0 Å². The van der Waals surface area contributed by atoms with Crippen molar-refractivity contribution in [3.05, 3.63) is 64.5 Å². The molecule has 0 atom stereocenters. The number of anilines is 1. The number of amides is 1. The molecule has 0 saturated carbocycles. The molecule has 0 spiro atoms. The van der Waals surface area contributed by atoms with Crippen LogP contribution in [0.2, 0.25) is 0 Å². The van der Waals surface area contributed by atoms with Gasteiger partial charge in [0.05, 0.1) is 16.8 Å². The first-order valence-electron chi connectivity index (χ1n) is 8.61. The fraction of sp³-hybridized carbons (Fsp3) is 0.150. The maximum atomic E-state index is 12.0. The van der Waals surface area contributed by atoms with Crippen molar-refractivity contribution >= 4 is 56.1 Å². The third-order valence-electron chi connectivity index (χ3n) is 3.98. The molecule has 0 aliphatic rings. The lowest BCUT2D eigenvalue weighted by atomic mass is 10.1. The minimum atomic E-state index is -0.549. The van der Waals surface area contributed by atoms with Crippen LogP contribution in [0, 0.1) is 0 Å². The molecule has 0 bridgehead atoms. The van der Waals surface area contributed by atoms with E-state index in [9.17, 15) is 9.59 Å². The number of hydrogen-bond acceptors (Lipinski definition) is 7. The number of nitrogens with zero attached hydrogens (tertiary/aromatic N) is 1. The third kappa shape index (κ3) is 4.02. The number of ether oxygens (including phenoxy) is 1. The quantitative estimate of drug-likeness (QED) is 0.355. The molecular formula is C20H16N2O4S2. The summed E-state index contributed by atoms with van der Waals surface area (Å²) in [7, 11) is 0. The maximum absolute atomic E-state index is 12.0. The van der Waals surface area contributed by atoms with E-state index in [0.717, 1.165) is 25.5 Å². The molecule has 2 heterocycles. The summed E-state index contributed by atoms with van der Waals surface area (Å²) >= 11 is 3.21. The summed E-state index contributed by atoms with van der Waals surface area (Å²) < 4.78 is 12.3. The molecule has 2 aromatic heterocycles. The first-order valence-corrected chi connectivity index (χ1v) is 10.4. The number of thioether (sulfide) groups is 1. The third-order valence-corrected chi connectivity index (χ3v) is 6.21. The van der Waals surface area contributed by atoms with Gasteiger partial charge in [0, 0.05) is 29.0 Å². The van der Waals surface area contributed by atoms with E-state index in [1.54, 1.807) is 42.2 Å². The maximum Gasteiger partial charge on any atom is 0.411 e. The zero-order chi connectivity index (χ0) is 19.5. The van der Waals surface area contributed by atoms with Crippen LogP contribution in [0.1, 0.15) is 12.5 Å². The molecule has 28 heavy (non-hydrogen) atoms. The highest BCUT2D eigenvalue weighted by Gasteiger charge is 2.11. The number of carbonyl (C=O) groups is 1. The fourth-order valence-electron chi connectivity index (χ4n) is 2.76. The average molecular weight is 412 g/mol. The number of carbonyl (C=O) groups excluding carboxylic acids is 1. The summed E-state index contributed by atoms with van der Waals surface area (Å²) in [6.07, 6.45) is -0.549. The van der Waals surface area contributed by atoms with Crippen LogP contribution in [0.25, 0.3) is 21.2 Å². The van der Waals surface area contributed by atoms with Crippen LogP contribution in [0.4, 0.5) is 10.5 Å². The van der Waals surface area contributed by atoms with Crippen molar-refractivity contribution in [3.8, 4) is 0 Å². The Morgan fingerprint density at radius 1 is 1.25 bits per heavy atom. The van der Waals surface area contributed by atoms with E-state index in [2.05, 4.69) is 10.3 Å². The second-order valence-electron chi connectivity index (χ2n) is 5.88. The Kier molecular flexibility index (Phi) is 5.31. The fourth-order valence-corrected chi connectivity index (χ4v) is 4.82. The lowest BCUT2D eigenvalue weighted by Gasteiger charge is -2.08. The van der Waals surface area contributed by atoms with E-state index in [1.165, 1.54) is 6.07 Å². The lowest BCUT2D eigenvalue weighted by molar-refractivity contribution is 0.168. The summed E-state index contributed by atoms with van der Waals surface area (Å²) in [5.41, 5.74) is 2.33. The van der Waals surface area contributed by atoms with Gasteiger partial charge in [-0.1, -0.05) is 23.9 Å². The standard InChI is InChI=1S/C20H16N2O4S2/c1-2-25-19(24)21-13-7-8-14-12(9-18(23)26-16(14)10-13)11-27-20-22-15-5-3-4-6-17(15)28-20/h3-10H,2,11H2,1H3,(H,21,24). The van der Waals surface area contributed by atoms with Crippen LogP contribution in [-0.2, 0) is 10.5 Å². The lowest BCUT2D eigenvalue weighted by Crippen LogP contribution is -2.13. The van der Waals surface area contributed by atoms with Gasteiger partial charge in [-0.3, -0.25) is 5.32 Å². The van der Waals surface area contributed by atoms with Crippen molar-refractivity contribution in [1.29, 1.82) is 0 Å². The van der Waals surface area contributed by atoms with Crippen LogP contribution in [-0.4, -0.2) is 17.7 Å². The molecule has 142 valence electrons. The van der Waals surface area contributed by atoms with Crippen molar-refractivity contribution in [3.63, 3.8) is 0 Å². The molecule has 0 unspecified atom stereocenters. The summed E-state index contributed by atoms with van der Waals surface area (Å²) in [6.45, 7) is 2.01. The van der Waals surface area contributed by atoms with Crippen LogP contribution in [0.3, 0.4) is 0 Å². The van der Waals surface area contributed by atoms with Crippen molar-refractivity contribution in [2.75, 3.05) is 11.9 Å². The molecule has 2 aromatic carbocycles. The predicted octanol–water partition coefficient (Wildman–Crippen LogP) is 5.26. The van der Waals surface area contributed by atoms with Gasteiger partial charge in [-0.15, -0.1) is 11.3 Å². The highest BCUT2D eigenvalue weighted by atomic mass is 32.2. The second kappa shape index (κ2) is 8.04. The zero-order valence-corrected chi connectivity index (χ0v) is 16.6. The van der Waals surface area contributed by atoms with Crippen molar-refractivity contribution in [2.24, 2.45) is 0 Å². The van der Waals surface area contributed by atoms with Crippen LogP contribution in [0.15, 0.2) is 62.1 Å². The number of rotatable bonds is 5. The smallest absolute Gasteiger partial charge is 0.411 e. The SMILES string of the molecule is CCOC(=O)Nc1ccc2c(CSc3nc4ccccc4s3)cc(=O)oc2c1. The summed E-state index contributed by atoms with van der Waals surface area (Å²) in [4.78, 5) is 28.2. The monoisotopic (exact) mass is 412 g/mol.